The molecule has 0 spiro atoms. The third kappa shape index (κ3) is 4.70. The highest BCUT2D eigenvalue weighted by Crippen LogP contribution is 2.21. The van der Waals surface area contributed by atoms with Gasteiger partial charge < -0.3 is 24.4 Å². The maximum absolute atomic E-state index is 12.3. The second-order valence-corrected chi connectivity index (χ2v) is 6.27. The third-order valence-electron chi connectivity index (χ3n) is 4.49. The smallest absolute Gasteiger partial charge is 0.225 e. The molecule has 7 heteroatoms. The van der Waals surface area contributed by atoms with Crippen LogP contribution < -0.4 is 10.1 Å². The average Bonchev–Trinajstić information content (AvgIpc) is 3.26. The molecule has 1 N–H and O–H groups in total. The highest BCUT2D eigenvalue weighted by molar-refractivity contribution is 5.89. The molecule has 0 aliphatic carbocycles. The van der Waals surface area contributed by atoms with Crippen LogP contribution >= 0.6 is 0 Å². The van der Waals surface area contributed by atoms with Crippen LogP contribution in [-0.4, -0.2) is 56.4 Å². The average molecular weight is 348 g/mol. The minimum atomic E-state index is -0.295. The van der Waals surface area contributed by atoms with Gasteiger partial charge in [0, 0.05) is 32.5 Å². The van der Waals surface area contributed by atoms with E-state index < -0.39 is 0 Å². The number of hydrogen-bond acceptors (Lipinski definition) is 5. The van der Waals surface area contributed by atoms with Crippen molar-refractivity contribution in [2.75, 3.05) is 33.4 Å². The summed E-state index contributed by atoms with van der Waals surface area (Å²) in [7, 11) is 1.62. The molecule has 0 radical (unpaired) electrons. The van der Waals surface area contributed by atoms with Crippen molar-refractivity contribution in [1.82, 2.24) is 10.2 Å². The van der Waals surface area contributed by atoms with E-state index >= 15 is 0 Å². The van der Waals surface area contributed by atoms with E-state index in [1.807, 2.05) is 24.3 Å². The molecule has 0 saturated carbocycles. The van der Waals surface area contributed by atoms with Gasteiger partial charge in [0.15, 0.2) is 6.29 Å². The molecule has 136 valence electrons. The quantitative estimate of drug-likeness (QED) is 0.793. The van der Waals surface area contributed by atoms with Crippen molar-refractivity contribution < 1.29 is 23.8 Å². The third-order valence-corrected chi connectivity index (χ3v) is 4.49. The van der Waals surface area contributed by atoms with Crippen LogP contribution in [0, 0.1) is 5.92 Å². The zero-order chi connectivity index (χ0) is 17.6. The van der Waals surface area contributed by atoms with E-state index in [2.05, 4.69) is 5.32 Å². The van der Waals surface area contributed by atoms with Crippen LogP contribution in [0.3, 0.4) is 0 Å². The summed E-state index contributed by atoms with van der Waals surface area (Å²) in [5.74, 6) is 0.419. The number of carbonyl (C=O) groups excluding carboxylic acids is 2. The lowest BCUT2D eigenvalue weighted by molar-refractivity contribution is -0.129. The van der Waals surface area contributed by atoms with Gasteiger partial charge in [-0.3, -0.25) is 9.59 Å². The molecular formula is C18H24N2O5. The molecule has 1 atom stereocenters. The van der Waals surface area contributed by atoms with Gasteiger partial charge >= 0.3 is 0 Å². The van der Waals surface area contributed by atoms with Crippen molar-refractivity contribution in [3.05, 3.63) is 29.8 Å². The highest BCUT2D eigenvalue weighted by atomic mass is 16.7. The minimum Gasteiger partial charge on any atom is -0.497 e. The number of rotatable bonds is 7. The van der Waals surface area contributed by atoms with Crippen molar-refractivity contribution in [3.63, 3.8) is 0 Å². The second-order valence-electron chi connectivity index (χ2n) is 6.27. The first-order valence-electron chi connectivity index (χ1n) is 8.57. The maximum Gasteiger partial charge on any atom is 0.225 e. The van der Waals surface area contributed by atoms with Crippen LogP contribution in [0.1, 0.15) is 18.4 Å². The SMILES string of the molecule is COc1ccc(CN2CC(C(=O)NCCC3OCCO3)CC2=O)cc1. The molecule has 2 aliphatic rings. The Kier molecular flexibility index (Phi) is 5.88. The Morgan fingerprint density at radius 1 is 1.28 bits per heavy atom. The molecule has 1 aromatic carbocycles. The normalized spacial score (nSPS) is 20.9. The number of amides is 2. The summed E-state index contributed by atoms with van der Waals surface area (Å²) in [6.45, 7) is 2.67. The van der Waals surface area contributed by atoms with E-state index in [0.717, 1.165) is 11.3 Å². The van der Waals surface area contributed by atoms with Crippen molar-refractivity contribution in [1.29, 1.82) is 0 Å². The van der Waals surface area contributed by atoms with Gasteiger partial charge in [-0.25, -0.2) is 0 Å². The first-order chi connectivity index (χ1) is 12.2. The van der Waals surface area contributed by atoms with Gasteiger partial charge in [0.25, 0.3) is 0 Å². The minimum absolute atomic E-state index is 0.0124. The first-order valence-corrected chi connectivity index (χ1v) is 8.57. The Morgan fingerprint density at radius 2 is 2.00 bits per heavy atom. The van der Waals surface area contributed by atoms with E-state index in [4.69, 9.17) is 14.2 Å². The molecule has 2 aliphatic heterocycles. The molecule has 2 saturated heterocycles. The lowest BCUT2D eigenvalue weighted by Gasteiger charge is -2.17. The zero-order valence-electron chi connectivity index (χ0n) is 14.4. The van der Waals surface area contributed by atoms with E-state index in [1.165, 1.54) is 0 Å². The van der Waals surface area contributed by atoms with Gasteiger partial charge in [0.05, 0.1) is 26.2 Å². The monoisotopic (exact) mass is 348 g/mol. The van der Waals surface area contributed by atoms with Gasteiger partial charge in [-0.05, 0) is 17.7 Å². The summed E-state index contributed by atoms with van der Waals surface area (Å²) in [5.41, 5.74) is 1.02. The molecule has 0 aromatic heterocycles. The summed E-state index contributed by atoms with van der Waals surface area (Å²) >= 11 is 0. The van der Waals surface area contributed by atoms with Gasteiger partial charge in [-0.2, -0.15) is 0 Å². The standard InChI is InChI=1S/C18H24N2O5/c1-23-15-4-2-13(3-5-15)11-20-12-14(10-16(20)21)18(22)19-7-6-17-24-8-9-25-17/h2-5,14,17H,6-12H2,1H3,(H,19,22). The summed E-state index contributed by atoms with van der Waals surface area (Å²) in [6, 6.07) is 7.60. The number of benzene rings is 1. The molecule has 2 amide bonds. The van der Waals surface area contributed by atoms with E-state index in [9.17, 15) is 9.59 Å². The highest BCUT2D eigenvalue weighted by Gasteiger charge is 2.34. The van der Waals surface area contributed by atoms with Crippen LogP contribution in [0.4, 0.5) is 0 Å². The molecule has 1 aromatic rings. The topological polar surface area (TPSA) is 77.1 Å². The Hall–Kier alpha value is -2.12. The van der Waals surface area contributed by atoms with E-state index in [-0.39, 0.29) is 30.4 Å². The number of hydrogen-bond donors (Lipinski definition) is 1. The van der Waals surface area contributed by atoms with Crippen LogP contribution in [-0.2, 0) is 25.6 Å². The number of nitrogens with one attached hydrogen (secondary N) is 1. The predicted octanol–water partition coefficient (Wildman–Crippen LogP) is 0.923. The number of ether oxygens (including phenoxy) is 3. The largest absolute Gasteiger partial charge is 0.497 e. The first kappa shape index (κ1) is 17.7. The van der Waals surface area contributed by atoms with Crippen LogP contribution in [0.25, 0.3) is 0 Å². The lowest BCUT2D eigenvalue weighted by atomic mass is 10.1. The molecule has 1 unspecified atom stereocenters. The fraction of sp³-hybridized carbons (Fsp3) is 0.556. The zero-order valence-corrected chi connectivity index (χ0v) is 14.4. The summed E-state index contributed by atoms with van der Waals surface area (Å²) < 4.78 is 15.8. The summed E-state index contributed by atoms with van der Waals surface area (Å²) in [5, 5.41) is 2.88. The predicted molar refractivity (Wildman–Crippen MR) is 89.8 cm³/mol. The van der Waals surface area contributed by atoms with Gasteiger partial charge in [-0.15, -0.1) is 0 Å². The Morgan fingerprint density at radius 3 is 2.68 bits per heavy atom. The number of carbonyl (C=O) groups is 2. The molecular weight excluding hydrogens is 324 g/mol. The Labute approximate surface area is 147 Å². The van der Waals surface area contributed by atoms with Crippen molar-refractivity contribution in [3.8, 4) is 5.75 Å². The van der Waals surface area contributed by atoms with Crippen molar-refractivity contribution >= 4 is 11.8 Å². The van der Waals surface area contributed by atoms with Gasteiger partial charge in [0.2, 0.25) is 11.8 Å². The maximum atomic E-state index is 12.3. The van der Waals surface area contributed by atoms with E-state index in [0.29, 0.717) is 39.3 Å². The number of nitrogens with zero attached hydrogens (tertiary/aromatic N) is 1. The molecule has 2 fully saturated rings. The van der Waals surface area contributed by atoms with Crippen LogP contribution in [0.2, 0.25) is 0 Å². The number of likely N-dealkylation sites (tertiary alicyclic amines) is 1. The lowest BCUT2D eigenvalue weighted by Crippen LogP contribution is -2.34. The van der Waals surface area contributed by atoms with E-state index in [1.54, 1.807) is 12.0 Å². The fourth-order valence-corrected chi connectivity index (χ4v) is 3.08. The summed E-state index contributed by atoms with van der Waals surface area (Å²) in [4.78, 5) is 26.2. The van der Waals surface area contributed by atoms with Gasteiger partial charge in [0.1, 0.15) is 5.75 Å². The Balaban J connectivity index is 1.44. The number of methoxy groups -OCH3 is 1. The molecule has 3 rings (SSSR count). The fourth-order valence-electron chi connectivity index (χ4n) is 3.08. The van der Waals surface area contributed by atoms with Crippen molar-refractivity contribution in [2.45, 2.75) is 25.7 Å². The Bertz CT molecular complexity index is 598. The van der Waals surface area contributed by atoms with Crippen LogP contribution in [0.15, 0.2) is 24.3 Å². The van der Waals surface area contributed by atoms with Gasteiger partial charge in [-0.1, -0.05) is 12.1 Å². The second kappa shape index (κ2) is 8.31. The summed E-state index contributed by atoms with van der Waals surface area (Å²) in [6.07, 6.45) is 0.664. The molecule has 25 heavy (non-hydrogen) atoms. The molecule has 7 nitrogen and oxygen atoms in total. The van der Waals surface area contributed by atoms with Crippen LogP contribution in [0.5, 0.6) is 5.75 Å². The molecule has 2 heterocycles. The van der Waals surface area contributed by atoms with Crippen molar-refractivity contribution in [2.24, 2.45) is 5.92 Å². The molecule has 0 bridgehead atoms.